The van der Waals surface area contributed by atoms with Crippen molar-refractivity contribution in [3.63, 3.8) is 0 Å². The normalized spacial score (nSPS) is 20.4. The first-order valence-corrected chi connectivity index (χ1v) is 6.94. The van der Waals surface area contributed by atoms with Crippen LogP contribution in [-0.2, 0) is 4.74 Å². The fraction of sp³-hybridized carbons (Fsp3) is 1.00. The molecule has 0 aromatic heterocycles. The third kappa shape index (κ3) is 6.19. The lowest BCUT2D eigenvalue weighted by atomic mass is 9.87. The highest BCUT2D eigenvalue weighted by Gasteiger charge is 2.13. The van der Waals surface area contributed by atoms with Crippen molar-refractivity contribution in [2.45, 2.75) is 77.7 Å². The van der Waals surface area contributed by atoms with Crippen LogP contribution in [0.3, 0.4) is 0 Å². The Kier molecular flexibility index (Phi) is 7.08. The minimum atomic E-state index is 0.480. The molecular weight excluding hydrogens is 184 g/mol. The van der Waals surface area contributed by atoms with Gasteiger partial charge in [-0.25, -0.2) is 0 Å². The first-order valence-electron chi connectivity index (χ1n) is 6.94. The SMILES string of the molecule is CCCCC(C)OCCC1CCCCC1. The third-order valence-electron chi connectivity index (χ3n) is 3.62. The molecule has 1 rings (SSSR count). The van der Waals surface area contributed by atoms with Gasteiger partial charge in [0.15, 0.2) is 0 Å². The monoisotopic (exact) mass is 212 g/mol. The molecule has 1 heteroatoms. The molecule has 0 N–H and O–H groups in total. The Morgan fingerprint density at radius 2 is 1.93 bits per heavy atom. The van der Waals surface area contributed by atoms with Gasteiger partial charge >= 0.3 is 0 Å². The van der Waals surface area contributed by atoms with E-state index in [1.54, 1.807) is 0 Å². The smallest absolute Gasteiger partial charge is 0.0547 e. The number of ether oxygens (including phenoxy) is 1. The summed E-state index contributed by atoms with van der Waals surface area (Å²) >= 11 is 0. The molecule has 0 spiro atoms. The third-order valence-corrected chi connectivity index (χ3v) is 3.62. The van der Waals surface area contributed by atoms with Gasteiger partial charge in [0.05, 0.1) is 6.10 Å². The molecule has 0 radical (unpaired) electrons. The van der Waals surface area contributed by atoms with Crippen LogP contribution in [0.2, 0.25) is 0 Å². The maximum absolute atomic E-state index is 5.85. The van der Waals surface area contributed by atoms with E-state index in [0.29, 0.717) is 6.10 Å². The second kappa shape index (κ2) is 8.15. The van der Waals surface area contributed by atoms with E-state index in [4.69, 9.17) is 4.74 Å². The highest BCUT2D eigenvalue weighted by atomic mass is 16.5. The minimum absolute atomic E-state index is 0.480. The van der Waals surface area contributed by atoms with Gasteiger partial charge in [-0.3, -0.25) is 0 Å². The molecule has 1 unspecified atom stereocenters. The molecule has 0 aliphatic heterocycles. The fourth-order valence-electron chi connectivity index (χ4n) is 2.49. The molecule has 0 saturated heterocycles. The summed E-state index contributed by atoms with van der Waals surface area (Å²) in [6, 6.07) is 0. The van der Waals surface area contributed by atoms with E-state index in [9.17, 15) is 0 Å². The van der Waals surface area contributed by atoms with Crippen LogP contribution >= 0.6 is 0 Å². The van der Waals surface area contributed by atoms with Gasteiger partial charge in [-0.2, -0.15) is 0 Å². The summed E-state index contributed by atoms with van der Waals surface area (Å²) in [6.45, 7) is 5.46. The van der Waals surface area contributed by atoms with Crippen molar-refractivity contribution in [1.29, 1.82) is 0 Å². The summed E-state index contributed by atoms with van der Waals surface area (Å²) in [5.41, 5.74) is 0. The van der Waals surface area contributed by atoms with Crippen LogP contribution in [0.4, 0.5) is 0 Å². The van der Waals surface area contributed by atoms with Crippen molar-refractivity contribution >= 4 is 0 Å². The van der Waals surface area contributed by atoms with Crippen LogP contribution in [0.1, 0.15) is 71.6 Å². The van der Waals surface area contributed by atoms with Crippen LogP contribution in [0.15, 0.2) is 0 Å². The van der Waals surface area contributed by atoms with Gasteiger partial charge in [0.25, 0.3) is 0 Å². The summed E-state index contributed by atoms with van der Waals surface area (Å²) in [5.74, 6) is 0.970. The van der Waals surface area contributed by atoms with Crippen molar-refractivity contribution in [2.75, 3.05) is 6.61 Å². The Balaban J connectivity index is 1.94. The van der Waals surface area contributed by atoms with E-state index >= 15 is 0 Å². The molecule has 1 aliphatic carbocycles. The zero-order chi connectivity index (χ0) is 10.9. The van der Waals surface area contributed by atoms with Crippen LogP contribution in [0.25, 0.3) is 0 Å². The first-order chi connectivity index (χ1) is 7.33. The number of unbranched alkanes of at least 4 members (excludes halogenated alkanes) is 1. The summed E-state index contributed by atoms with van der Waals surface area (Å²) < 4.78 is 5.85. The molecule has 0 aromatic carbocycles. The van der Waals surface area contributed by atoms with E-state index in [-0.39, 0.29) is 0 Å². The second-order valence-electron chi connectivity index (χ2n) is 5.12. The Morgan fingerprint density at radius 1 is 1.20 bits per heavy atom. The average Bonchev–Trinajstić information content (AvgIpc) is 2.28. The molecule has 0 bridgehead atoms. The molecular formula is C14H28O. The van der Waals surface area contributed by atoms with Gasteiger partial charge in [-0.15, -0.1) is 0 Å². The summed E-state index contributed by atoms with van der Waals surface area (Å²) in [6.07, 6.45) is 12.9. The van der Waals surface area contributed by atoms with Crippen LogP contribution in [-0.4, -0.2) is 12.7 Å². The molecule has 1 saturated carbocycles. The Labute approximate surface area is 95.6 Å². The average molecular weight is 212 g/mol. The van der Waals surface area contributed by atoms with Crippen LogP contribution in [0, 0.1) is 5.92 Å². The topological polar surface area (TPSA) is 9.23 Å². The molecule has 90 valence electrons. The molecule has 15 heavy (non-hydrogen) atoms. The second-order valence-corrected chi connectivity index (χ2v) is 5.12. The zero-order valence-electron chi connectivity index (χ0n) is 10.6. The highest BCUT2D eigenvalue weighted by Crippen LogP contribution is 2.26. The molecule has 0 amide bonds. The Hall–Kier alpha value is -0.0400. The van der Waals surface area contributed by atoms with Gasteiger partial charge < -0.3 is 4.74 Å². The predicted molar refractivity (Wildman–Crippen MR) is 66.1 cm³/mol. The molecule has 0 heterocycles. The highest BCUT2D eigenvalue weighted by molar-refractivity contribution is 4.65. The zero-order valence-corrected chi connectivity index (χ0v) is 10.6. The van der Waals surface area contributed by atoms with Crippen molar-refractivity contribution in [3.05, 3.63) is 0 Å². The van der Waals surface area contributed by atoms with Crippen molar-refractivity contribution in [2.24, 2.45) is 5.92 Å². The van der Waals surface area contributed by atoms with Gasteiger partial charge in [0.1, 0.15) is 0 Å². The maximum Gasteiger partial charge on any atom is 0.0547 e. The Morgan fingerprint density at radius 3 is 2.60 bits per heavy atom. The van der Waals surface area contributed by atoms with Gasteiger partial charge in [-0.1, -0.05) is 51.9 Å². The van der Waals surface area contributed by atoms with Crippen LogP contribution in [0.5, 0.6) is 0 Å². The molecule has 1 atom stereocenters. The number of hydrogen-bond donors (Lipinski definition) is 0. The summed E-state index contributed by atoms with van der Waals surface area (Å²) in [4.78, 5) is 0. The fourth-order valence-corrected chi connectivity index (χ4v) is 2.49. The van der Waals surface area contributed by atoms with E-state index in [1.807, 2.05) is 0 Å². The van der Waals surface area contributed by atoms with E-state index < -0.39 is 0 Å². The summed E-state index contributed by atoms with van der Waals surface area (Å²) in [5, 5.41) is 0. The van der Waals surface area contributed by atoms with Crippen molar-refractivity contribution in [1.82, 2.24) is 0 Å². The quantitative estimate of drug-likeness (QED) is 0.601. The van der Waals surface area contributed by atoms with E-state index in [1.165, 1.54) is 57.8 Å². The first kappa shape index (κ1) is 13.0. The molecule has 1 aliphatic rings. The minimum Gasteiger partial charge on any atom is -0.378 e. The lowest BCUT2D eigenvalue weighted by molar-refractivity contribution is 0.0468. The number of rotatable bonds is 7. The van der Waals surface area contributed by atoms with Gasteiger partial charge in [0.2, 0.25) is 0 Å². The lowest BCUT2D eigenvalue weighted by Gasteiger charge is -2.22. The van der Waals surface area contributed by atoms with E-state index in [2.05, 4.69) is 13.8 Å². The Bertz CT molecular complexity index is 138. The van der Waals surface area contributed by atoms with Gasteiger partial charge in [-0.05, 0) is 25.7 Å². The maximum atomic E-state index is 5.85. The van der Waals surface area contributed by atoms with E-state index in [0.717, 1.165) is 12.5 Å². The van der Waals surface area contributed by atoms with Gasteiger partial charge in [0, 0.05) is 6.61 Å². The number of hydrogen-bond acceptors (Lipinski definition) is 1. The summed E-state index contributed by atoms with van der Waals surface area (Å²) in [7, 11) is 0. The van der Waals surface area contributed by atoms with Crippen LogP contribution < -0.4 is 0 Å². The van der Waals surface area contributed by atoms with Crippen molar-refractivity contribution in [3.8, 4) is 0 Å². The standard InChI is InChI=1S/C14H28O/c1-3-4-8-13(2)15-12-11-14-9-6-5-7-10-14/h13-14H,3-12H2,1-2H3. The van der Waals surface area contributed by atoms with Crippen molar-refractivity contribution < 1.29 is 4.74 Å². The lowest BCUT2D eigenvalue weighted by Crippen LogP contribution is -2.13. The molecule has 0 aromatic rings. The molecule has 1 nitrogen and oxygen atoms in total. The molecule has 1 fully saturated rings. The predicted octanol–water partition coefficient (Wildman–Crippen LogP) is 4.55. The largest absolute Gasteiger partial charge is 0.378 e.